The van der Waals surface area contributed by atoms with E-state index in [1.165, 1.54) is 22.9 Å². The average molecular weight is 403 g/mol. The number of nitrogens with two attached hydrogens (primary N) is 1. The second-order valence-electron chi connectivity index (χ2n) is 6.41. The summed E-state index contributed by atoms with van der Waals surface area (Å²) in [6, 6.07) is 16.3. The predicted molar refractivity (Wildman–Crippen MR) is 110 cm³/mol. The van der Waals surface area contributed by atoms with Crippen molar-refractivity contribution < 1.29 is 8.42 Å². The summed E-state index contributed by atoms with van der Waals surface area (Å²) in [6.45, 7) is 4.08. The molecule has 3 rings (SSSR count). The summed E-state index contributed by atoms with van der Waals surface area (Å²) in [6.07, 6.45) is 0.462. The maximum Gasteiger partial charge on any atom is 0.209 e. The third-order valence-electron chi connectivity index (χ3n) is 4.04. The minimum atomic E-state index is -3.44. The van der Waals surface area contributed by atoms with E-state index in [9.17, 15) is 8.42 Å². The number of nitrogens with zero attached hydrogens (tertiary/aromatic N) is 3. The first-order valence-electron chi connectivity index (χ1n) is 8.56. The normalized spacial score (nSPS) is 11.7. The van der Waals surface area contributed by atoms with E-state index < -0.39 is 10.0 Å². The molecule has 0 amide bonds. The summed E-state index contributed by atoms with van der Waals surface area (Å²) in [7, 11) is -3.44. The Kier molecular flexibility index (Phi) is 5.98. The second-order valence-corrected chi connectivity index (χ2v) is 9.21. The van der Waals surface area contributed by atoms with Crippen LogP contribution in [0.3, 0.4) is 0 Å². The molecule has 27 heavy (non-hydrogen) atoms. The van der Waals surface area contributed by atoms with E-state index in [-0.39, 0.29) is 5.75 Å². The van der Waals surface area contributed by atoms with Crippen LogP contribution in [0, 0.1) is 13.8 Å². The summed E-state index contributed by atoms with van der Waals surface area (Å²) < 4.78 is 24.2. The fourth-order valence-electron chi connectivity index (χ4n) is 2.60. The molecule has 2 aromatic carbocycles. The van der Waals surface area contributed by atoms with Crippen LogP contribution in [0.4, 0.5) is 0 Å². The van der Waals surface area contributed by atoms with Crippen molar-refractivity contribution in [1.29, 1.82) is 0 Å². The van der Waals surface area contributed by atoms with E-state index in [4.69, 9.17) is 5.14 Å². The van der Waals surface area contributed by atoms with Gasteiger partial charge in [-0.25, -0.2) is 13.6 Å². The predicted octanol–water partition coefficient (Wildman–Crippen LogP) is 3.32. The standard InChI is InChI=1S/C19H22N4O2S2/c1-14-4-8-16(9-5-14)18-21-22-19(26-12-3-13-27(20,24)25)23(18)17-10-6-15(2)7-11-17/h4-11H,3,12-13H2,1-2H3,(H2,20,24,25). The van der Waals surface area contributed by atoms with Gasteiger partial charge in [0.05, 0.1) is 5.75 Å². The number of hydrogen-bond acceptors (Lipinski definition) is 5. The zero-order chi connectivity index (χ0) is 19.4. The van der Waals surface area contributed by atoms with Crippen LogP contribution in [0.5, 0.6) is 0 Å². The van der Waals surface area contributed by atoms with E-state index in [0.717, 1.165) is 22.2 Å². The van der Waals surface area contributed by atoms with Crippen LogP contribution >= 0.6 is 11.8 Å². The van der Waals surface area contributed by atoms with Crippen molar-refractivity contribution in [1.82, 2.24) is 14.8 Å². The fourth-order valence-corrected chi connectivity index (χ4v) is 4.22. The zero-order valence-corrected chi connectivity index (χ0v) is 16.9. The first kappa shape index (κ1) is 19.6. The van der Waals surface area contributed by atoms with Crippen LogP contribution in [0.1, 0.15) is 17.5 Å². The molecule has 142 valence electrons. The Morgan fingerprint density at radius 2 is 1.56 bits per heavy atom. The van der Waals surface area contributed by atoms with Gasteiger partial charge in [-0.15, -0.1) is 10.2 Å². The number of aromatic nitrogens is 3. The van der Waals surface area contributed by atoms with E-state index in [2.05, 4.69) is 10.2 Å². The SMILES string of the molecule is Cc1ccc(-c2nnc(SCCCS(N)(=O)=O)n2-c2ccc(C)cc2)cc1. The van der Waals surface area contributed by atoms with Crippen molar-refractivity contribution in [2.45, 2.75) is 25.4 Å². The molecule has 8 heteroatoms. The molecular weight excluding hydrogens is 380 g/mol. The van der Waals surface area contributed by atoms with Crippen LogP contribution < -0.4 is 5.14 Å². The molecular formula is C19H22N4O2S2. The summed E-state index contributed by atoms with van der Waals surface area (Å²) >= 11 is 1.47. The molecule has 1 aromatic heterocycles. The van der Waals surface area contributed by atoms with Gasteiger partial charge in [0.2, 0.25) is 10.0 Å². The van der Waals surface area contributed by atoms with Crippen LogP contribution in [0.15, 0.2) is 53.7 Å². The maximum absolute atomic E-state index is 11.1. The zero-order valence-electron chi connectivity index (χ0n) is 15.3. The van der Waals surface area contributed by atoms with Gasteiger partial charge in [0.15, 0.2) is 11.0 Å². The largest absolute Gasteiger partial charge is 0.270 e. The number of thioether (sulfide) groups is 1. The molecule has 1 heterocycles. The Labute approximate surface area is 163 Å². The van der Waals surface area contributed by atoms with Crippen molar-refractivity contribution >= 4 is 21.8 Å². The van der Waals surface area contributed by atoms with Gasteiger partial charge in [-0.2, -0.15) is 0 Å². The highest BCUT2D eigenvalue weighted by Gasteiger charge is 2.16. The third-order valence-corrected chi connectivity index (χ3v) is 5.91. The molecule has 0 bridgehead atoms. The maximum atomic E-state index is 11.1. The van der Waals surface area contributed by atoms with Gasteiger partial charge in [0, 0.05) is 17.0 Å². The Hall–Kier alpha value is -2.16. The van der Waals surface area contributed by atoms with Gasteiger partial charge < -0.3 is 0 Å². The summed E-state index contributed by atoms with van der Waals surface area (Å²) in [5.41, 5.74) is 4.30. The minimum Gasteiger partial charge on any atom is -0.270 e. The quantitative estimate of drug-likeness (QED) is 0.483. The van der Waals surface area contributed by atoms with Crippen molar-refractivity contribution in [3.63, 3.8) is 0 Å². The highest BCUT2D eigenvalue weighted by Crippen LogP contribution is 2.28. The number of hydrogen-bond donors (Lipinski definition) is 1. The van der Waals surface area contributed by atoms with E-state index in [0.29, 0.717) is 12.2 Å². The summed E-state index contributed by atoms with van der Waals surface area (Å²) in [5, 5.41) is 14.5. The Bertz CT molecular complexity index is 1010. The third kappa shape index (κ3) is 5.18. The van der Waals surface area contributed by atoms with Crippen molar-refractivity contribution in [2.75, 3.05) is 11.5 Å². The number of rotatable bonds is 7. The number of aryl methyl sites for hydroxylation is 2. The Balaban J connectivity index is 1.93. The van der Waals surface area contributed by atoms with Crippen LogP contribution in [-0.4, -0.2) is 34.7 Å². The molecule has 0 aliphatic heterocycles. The molecule has 2 N–H and O–H groups in total. The van der Waals surface area contributed by atoms with Gasteiger partial charge in [-0.3, -0.25) is 4.57 Å². The lowest BCUT2D eigenvalue weighted by atomic mass is 10.1. The van der Waals surface area contributed by atoms with Gasteiger partial charge in [-0.1, -0.05) is 59.3 Å². The average Bonchev–Trinajstić information content (AvgIpc) is 3.03. The second kappa shape index (κ2) is 8.24. The summed E-state index contributed by atoms with van der Waals surface area (Å²) in [4.78, 5) is 0. The molecule has 0 saturated carbocycles. The molecule has 0 aliphatic rings. The molecule has 0 aliphatic carbocycles. The highest BCUT2D eigenvalue weighted by atomic mass is 32.2. The van der Waals surface area contributed by atoms with Crippen LogP contribution in [-0.2, 0) is 10.0 Å². The van der Waals surface area contributed by atoms with E-state index in [1.54, 1.807) is 0 Å². The van der Waals surface area contributed by atoms with Crippen LogP contribution in [0.2, 0.25) is 0 Å². The minimum absolute atomic E-state index is 0.0382. The van der Waals surface area contributed by atoms with Crippen molar-refractivity contribution in [3.8, 4) is 17.1 Å². The molecule has 0 radical (unpaired) electrons. The number of primary sulfonamides is 1. The fraction of sp³-hybridized carbons (Fsp3) is 0.263. The molecule has 0 atom stereocenters. The number of sulfonamides is 1. The molecule has 6 nitrogen and oxygen atoms in total. The van der Waals surface area contributed by atoms with Gasteiger partial charge in [0.1, 0.15) is 0 Å². The molecule has 0 fully saturated rings. The lowest BCUT2D eigenvalue weighted by Gasteiger charge is -2.11. The first-order chi connectivity index (χ1) is 12.8. The highest BCUT2D eigenvalue weighted by molar-refractivity contribution is 7.99. The molecule has 0 saturated heterocycles. The van der Waals surface area contributed by atoms with Crippen molar-refractivity contribution in [2.24, 2.45) is 5.14 Å². The monoisotopic (exact) mass is 402 g/mol. The smallest absolute Gasteiger partial charge is 0.209 e. The van der Waals surface area contributed by atoms with Crippen LogP contribution in [0.25, 0.3) is 17.1 Å². The Morgan fingerprint density at radius 1 is 0.963 bits per heavy atom. The number of benzene rings is 2. The van der Waals surface area contributed by atoms with Gasteiger partial charge in [-0.05, 0) is 32.4 Å². The Morgan fingerprint density at radius 3 is 2.15 bits per heavy atom. The van der Waals surface area contributed by atoms with E-state index in [1.807, 2.05) is 66.9 Å². The topological polar surface area (TPSA) is 90.9 Å². The summed E-state index contributed by atoms with van der Waals surface area (Å²) in [5.74, 6) is 1.31. The van der Waals surface area contributed by atoms with Gasteiger partial charge in [0.25, 0.3) is 0 Å². The molecule has 3 aromatic rings. The van der Waals surface area contributed by atoms with Crippen molar-refractivity contribution in [3.05, 3.63) is 59.7 Å². The lowest BCUT2D eigenvalue weighted by Crippen LogP contribution is -2.16. The first-order valence-corrected chi connectivity index (χ1v) is 11.3. The lowest BCUT2D eigenvalue weighted by molar-refractivity contribution is 0.596. The molecule has 0 unspecified atom stereocenters. The van der Waals surface area contributed by atoms with Gasteiger partial charge >= 0.3 is 0 Å². The molecule has 0 spiro atoms. The van der Waals surface area contributed by atoms with E-state index >= 15 is 0 Å².